The van der Waals surface area contributed by atoms with Crippen LogP contribution in [0.3, 0.4) is 0 Å². The smallest absolute Gasteiger partial charge is 0.302 e. The number of nitrogens with one attached hydrogen (secondary N) is 2. The average molecular weight is 357 g/mol. The van der Waals surface area contributed by atoms with E-state index in [1.807, 2.05) is 0 Å². The van der Waals surface area contributed by atoms with Crippen molar-refractivity contribution in [3.05, 3.63) is 83.2 Å². The summed E-state index contributed by atoms with van der Waals surface area (Å²) in [7, 11) is 0. The minimum atomic E-state index is -0.763. The third-order valence-corrected chi connectivity index (χ3v) is 3.48. The van der Waals surface area contributed by atoms with Crippen LogP contribution >= 0.6 is 0 Å². The number of aromatic nitrogens is 1. The molecule has 0 saturated carbocycles. The highest BCUT2D eigenvalue weighted by Gasteiger charge is 2.16. The molecule has 8 heteroatoms. The molecule has 2 amide bonds. The fourth-order valence-electron chi connectivity index (χ4n) is 2.15. The molecule has 26 heavy (non-hydrogen) atoms. The van der Waals surface area contributed by atoms with Crippen molar-refractivity contribution in [2.75, 3.05) is 5.32 Å². The second-order valence-electron chi connectivity index (χ2n) is 5.24. The lowest BCUT2D eigenvalue weighted by Crippen LogP contribution is -2.24. The van der Waals surface area contributed by atoms with E-state index in [0.29, 0.717) is 5.56 Å². The molecule has 0 saturated heterocycles. The summed E-state index contributed by atoms with van der Waals surface area (Å²) in [6.07, 6.45) is 1.04. The molecule has 1 heterocycles. The first-order valence-corrected chi connectivity index (χ1v) is 7.57. The predicted molar refractivity (Wildman–Crippen MR) is 88.4 cm³/mol. The number of benzene rings is 2. The number of rotatable bonds is 5. The zero-order valence-electron chi connectivity index (χ0n) is 13.3. The summed E-state index contributed by atoms with van der Waals surface area (Å²) in [5.74, 6) is -2.67. The van der Waals surface area contributed by atoms with E-state index in [2.05, 4.69) is 15.6 Å². The van der Waals surface area contributed by atoms with Gasteiger partial charge in [0.1, 0.15) is 17.9 Å². The van der Waals surface area contributed by atoms with Gasteiger partial charge in [-0.05, 0) is 24.3 Å². The van der Waals surface area contributed by atoms with Crippen molar-refractivity contribution < 1.29 is 22.8 Å². The molecule has 0 fully saturated rings. The lowest BCUT2D eigenvalue weighted by Gasteiger charge is -2.05. The minimum absolute atomic E-state index is 0.134. The molecule has 3 rings (SSSR count). The Morgan fingerprint density at radius 3 is 2.35 bits per heavy atom. The van der Waals surface area contributed by atoms with Gasteiger partial charge in [-0.3, -0.25) is 14.9 Å². The summed E-state index contributed by atoms with van der Waals surface area (Å²) in [4.78, 5) is 27.8. The molecule has 6 nitrogen and oxygen atoms in total. The van der Waals surface area contributed by atoms with E-state index >= 15 is 0 Å². The Morgan fingerprint density at radius 2 is 1.65 bits per heavy atom. The molecule has 0 atom stereocenters. The van der Waals surface area contributed by atoms with Gasteiger partial charge in [-0.15, -0.1) is 0 Å². The van der Waals surface area contributed by atoms with Crippen LogP contribution in [0.15, 0.2) is 59.2 Å². The number of anilines is 1. The highest BCUT2D eigenvalue weighted by atomic mass is 19.1. The molecule has 0 unspecified atom stereocenters. The number of oxazole rings is 1. The van der Waals surface area contributed by atoms with Gasteiger partial charge in [0.2, 0.25) is 0 Å². The largest absolute Gasteiger partial charge is 0.431 e. The molecule has 0 aliphatic carbocycles. The van der Waals surface area contributed by atoms with E-state index in [-0.39, 0.29) is 23.8 Å². The maximum atomic E-state index is 13.5. The molecule has 0 aliphatic rings. The zero-order chi connectivity index (χ0) is 18.5. The van der Waals surface area contributed by atoms with Gasteiger partial charge in [0.15, 0.2) is 5.69 Å². The number of carbonyl (C=O) groups excluding carboxylic acids is 2. The van der Waals surface area contributed by atoms with Crippen molar-refractivity contribution in [2.45, 2.75) is 6.54 Å². The van der Waals surface area contributed by atoms with Crippen molar-refractivity contribution in [2.24, 2.45) is 0 Å². The molecule has 2 aromatic carbocycles. The fourth-order valence-corrected chi connectivity index (χ4v) is 2.15. The topological polar surface area (TPSA) is 84.2 Å². The number of halogens is 2. The van der Waals surface area contributed by atoms with Crippen LogP contribution in [0.4, 0.5) is 14.8 Å². The second kappa shape index (κ2) is 7.56. The molecule has 0 aliphatic heterocycles. The quantitative estimate of drug-likeness (QED) is 0.735. The van der Waals surface area contributed by atoms with Gasteiger partial charge in [0, 0.05) is 17.7 Å². The van der Waals surface area contributed by atoms with E-state index in [1.54, 1.807) is 30.3 Å². The van der Waals surface area contributed by atoms with Crippen LogP contribution in [0.5, 0.6) is 0 Å². The molecular formula is C18H13F2N3O3. The molecule has 0 radical (unpaired) electrons. The fraction of sp³-hybridized carbons (Fsp3) is 0.0556. The van der Waals surface area contributed by atoms with Crippen molar-refractivity contribution >= 4 is 17.8 Å². The summed E-state index contributed by atoms with van der Waals surface area (Å²) in [6, 6.07) is 11.6. The molecule has 2 N–H and O–H groups in total. The first kappa shape index (κ1) is 17.3. The highest BCUT2D eigenvalue weighted by molar-refractivity contribution is 6.03. The summed E-state index contributed by atoms with van der Waals surface area (Å²) >= 11 is 0. The minimum Gasteiger partial charge on any atom is -0.431 e. The van der Waals surface area contributed by atoms with E-state index in [0.717, 1.165) is 18.4 Å². The average Bonchev–Trinajstić information content (AvgIpc) is 3.10. The third kappa shape index (κ3) is 3.92. The lowest BCUT2D eigenvalue weighted by atomic mass is 10.2. The predicted octanol–water partition coefficient (Wildman–Crippen LogP) is 3.14. The maximum absolute atomic E-state index is 13.5. The van der Waals surface area contributed by atoms with Crippen LogP contribution in [0.2, 0.25) is 0 Å². The summed E-state index contributed by atoms with van der Waals surface area (Å²) in [5.41, 5.74) is -0.00112. The maximum Gasteiger partial charge on any atom is 0.302 e. The van der Waals surface area contributed by atoms with Gasteiger partial charge in [-0.25, -0.2) is 8.78 Å². The molecular weight excluding hydrogens is 344 g/mol. The Labute approximate surface area is 146 Å². The highest BCUT2D eigenvalue weighted by Crippen LogP contribution is 2.13. The Hall–Kier alpha value is -3.55. The van der Waals surface area contributed by atoms with Gasteiger partial charge >= 0.3 is 6.01 Å². The Morgan fingerprint density at radius 1 is 0.962 bits per heavy atom. The van der Waals surface area contributed by atoms with Crippen molar-refractivity contribution in [1.29, 1.82) is 0 Å². The van der Waals surface area contributed by atoms with Crippen molar-refractivity contribution in [3.8, 4) is 0 Å². The van der Waals surface area contributed by atoms with Crippen LogP contribution in [0.1, 0.15) is 26.4 Å². The van der Waals surface area contributed by atoms with Crippen LogP contribution in [0, 0.1) is 11.6 Å². The zero-order valence-corrected chi connectivity index (χ0v) is 13.3. The van der Waals surface area contributed by atoms with Gasteiger partial charge in [-0.1, -0.05) is 24.3 Å². The van der Waals surface area contributed by atoms with Gasteiger partial charge in [0.05, 0.1) is 0 Å². The molecule has 3 aromatic rings. The number of carbonyl (C=O) groups is 2. The number of nitrogens with zero attached hydrogens (tertiary/aromatic N) is 1. The van der Waals surface area contributed by atoms with E-state index in [4.69, 9.17) is 4.42 Å². The number of amides is 2. The lowest BCUT2D eigenvalue weighted by molar-refractivity contribution is 0.0944. The Bertz CT molecular complexity index is 922. The first-order chi connectivity index (χ1) is 12.5. The summed E-state index contributed by atoms with van der Waals surface area (Å²) in [6.45, 7) is -0.351. The standard InChI is InChI=1S/C18H13F2N3O3/c19-13-7-4-8-14(20)12(13)9-21-17(25)15-10-26-18(22-15)23-16(24)11-5-2-1-3-6-11/h1-8,10H,9H2,(H,21,25)(H,22,23,24). The Kier molecular flexibility index (Phi) is 5.02. The summed E-state index contributed by atoms with van der Waals surface area (Å²) in [5, 5.41) is 4.75. The number of hydrogen-bond donors (Lipinski definition) is 2. The van der Waals surface area contributed by atoms with E-state index < -0.39 is 23.4 Å². The number of hydrogen-bond acceptors (Lipinski definition) is 4. The van der Waals surface area contributed by atoms with Gasteiger partial charge in [0.25, 0.3) is 11.8 Å². The molecule has 1 aromatic heterocycles. The van der Waals surface area contributed by atoms with Crippen molar-refractivity contribution in [3.63, 3.8) is 0 Å². The first-order valence-electron chi connectivity index (χ1n) is 7.57. The molecule has 0 spiro atoms. The van der Waals surface area contributed by atoms with Crippen LogP contribution < -0.4 is 10.6 Å². The summed E-state index contributed by atoms with van der Waals surface area (Å²) < 4.78 is 32.1. The SMILES string of the molecule is O=C(Nc1nc(C(=O)NCc2c(F)cccc2F)co1)c1ccccc1. The second-order valence-corrected chi connectivity index (χ2v) is 5.24. The third-order valence-electron chi connectivity index (χ3n) is 3.48. The normalized spacial score (nSPS) is 10.4. The molecule has 132 valence electrons. The van der Waals surface area contributed by atoms with E-state index in [9.17, 15) is 18.4 Å². The van der Waals surface area contributed by atoms with Crippen LogP contribution in [0.25, 0.3) is 0 Å². The van der Waals surface area contributed by atoms with Gasteiger partial charge < -0.3 is 9.73 Å². The van der Waals surface area contributed by atoms with Gasteiger partial charge in [-0.2, -0.15) is 4.98 Å². The van der Waals surface area contributed by atoms with Crippen LogP contribution in [-0.4, -0.2) is 16.8 Å². The van der Waals surface area contributed by atoms with E-state index in [1.165, 1.54) is 6.07 Å². The molecule has 0 bridgehead atoms. The van der Waals surface area contributed by atoms with Crippen LogP contribution in [-0.2, 0) is 6.54 Å². The van der Waals surface area contributed by atoms with Crippen molar-refractivity contribution in [1.82, 2.24) is 10.3 Å². The monoisotopic (exact) mass is 357 g/mol. The Balaban J connectivity index is 1.62.